The maximum atomic E-state index is 2.46. The molecule has 0 unspecified atom stereocenters. The van der Waals surface area contributed by atoms with Crippen LogP contribution in [0.2, 0.25) is 0 Å². The summed E-state index contributed by atoms with van der Waals surface area (Å²) >= 11 is 0. The van der Waals surface area contributed by atoms with Gasteiger partial charge >= 0.3 is 0 Å². The van der Waals surface area contributed by atoms with Crippen LogP contribution in [0, 0.1) is 0 Å². The highest BCUT2D eigenvalue weighted by Crippen LogP contribution is 2.64. The minimum Gasteiger partial charge on any atom is -0.0637 e. The van der Waals surface area contributed by atoms with E-state index in [4.69, 9.17) is 0 Å². The summed E-state index contributed by atoms with van der Waals surface area (Å²) < 4.78 is 0. The largest absolute Gasteiger partial charge is 0.0637 e. The lowest BCUT2D eigenvalue weighted by atomic mass is 9.98. The summed E-state index contributed by atoms with van der Waals surface area (Å²) in [7, 11) is -0.0534. The molecular formula is C15H23P. The zero-order valence-electron chi connectivity index (χ0n) is 11.0. The lowest BCUT2D eigenvalue weighted by Gasteiger charge is -2.50. The molecule has 1 heterocycles. The van der Waals surface area contributed by atoms with E-state index in [9.17, 15) is 0 Å². The number of rotatable bonds is 1. The van der Waals surface area contributed by atoms with Crippen LogP contribution < -0.4 is 5.30 Å². The Balaban J connectivity index is 2.41. The quantitative estimate of drug-likeness (QED) is 0.626. The molecule has 0 aliphatic carbocycles. The third-order valence-electron chi connectivity index (χ3n) is 3.80. The molecule has 0 nitrogen and oxygen atoms in total. The Hall–Kier alpha value is -0.350. The first-order chi connectivity index (χ1) is 7.43. The minimum atomic E-state index is -0.0534. The number of hydrogen-bond acceptors (Lipinski definition) is 0. The molecule has 1 aromatic carbocycles. The molecule has 0 bridgehead atoms. The van der Waals surface area contributed by atoms with Gasteiger partial charge in [-0.05, 0) is 28.5 Å². The van der Waals surface area contributed by atoms with E-state index in [1.54, 1.807) is 5.30 Å². The van der Waals surface area contributed by atoms with Gasteiger partial charge in [0.25, 0.3) is 0 Å². The fourth-order valence-corrected chi connectivity index (χ4v) is 7.54. The first kappa shape index (κ1) is 12.1. The van der Waals surface area contributed by atoms with Crippen LogP contribution in [0.15, 0.2) is 30.3 Å². The van der Waals surface area contributed by atoms with Gasteiger partial charge in [0.1, 0.15) is 0 Å². The van der Waals surface area contributed by atoms with Crippen molar-refractivity contribution in [2.75, 3.05) is 0 Å². The highest BCUT2D eigenvalue weighted by atomic mass is 31.1. The molecule has 0 spiro atoms. The molecule has 0 saturated carbocycles. The first-order valence-electron chi connectivity index (χ1n) is 6.29. The second kappa shape index (κ2) is 4.15. The molecule has 16 heavy (non-hydrogen) atoms. The number of benzene rings is 1. The SMILES string of the molecule is CC1(C)CCCC(C)(C)P1c1ccccc1. The summed E-state index contributed by atoms with van der Waals surface area (Å²) in [4.78, 5) is 0. The molecule has 1 aliphatic heterocycles. The Labute approximate surface area is 101 Å². The van der Waals surface area contributed by atoms with Gasteiger partial charge in [0.15, 0.2) is 0 Å². The fraction of sp³-hybridized carbons (Fsp3) is 0.600. The van der Waals surface area contributed by atoms with Gasteiger partial charge in [-0.3, -0.25) is 0 Å². The Morgan fingerprint density at radius 3 is 1.88 bits per heavy atom. The molecule has 0 radical (unpaired) electrons. The van der Waals surface area contributed by atoms with Crippen LogP contribution in [0.1, 0.15) is 47.0 Å². The van der Waals surface area contributed by atoms with Gasteiger partial charge < -0.3 is 0 Å². The molecule has 1 saturated heterocycles. The van der Waals surface area contributed by atoms with Gasteiger partial charge in [-0.2, -0.15) is 0 Å². The zero-order chi connectivity index (χ0) is 11.8. The predicted octanol–water partition coefficient (Wildman–Crippen LogP) is 4.53. The molecule has 2 rings (SSSR count). The minimum absolute atomic E-state index is 0.0534. The van der Waals surface area contributed by atoms with E-state index in [0.717, 1.165) is 0 Å². The summed E-state index contributed by atoms with van der Waals surface area (Å²) in [5.74, 6) is 0. The molecule has 88 valence electrons. The number of hydrogen-bond donors (Lipinski definition) is 0. The maximum absolute atomic E-state index is 2.46. The Morgan fingerprint density at radius 1 is 0.875 bits per heavy atom. The zero-order valence-corrected chi connectivity index (χ0v) is 11.8. The molecule has 1 heteroatoms. The summed E-state index contributed by atoms with van der Waals surface area (Å²) in [5, 5.41) is 2.59. The molecule has 0 amide bonds. The van der Waals surface area contributed by atoms with E-state index < -0.39 is 0 Å². The third kappa shape index (κ3) is 2.18. The van der Waals surface area contributed by atoms with Gasteiger partial charge in [-0.25, -0.2) is 0 Å². The summed E-state index contributed by atoms with van der Waals surface area (Å²) in [5.41, 5.74) is 0. The van der Waals surface area contributed by atoms with Crippen molar-refractivity contribution in [3.8, 4) is 0 Å². The summed E-state index contributed by atoms with van der Waals surface area (Å²) in [6.07, 6.45) is 4.17. The highest BCUT2D eigenvalue weighted by molar-refractivity contribution is 7.68. The standard InChI is InChI=1S/C15H23P/c1-14(2)11-8-12-15(3,4)16(14)13-9-6-5-7-10-13/h5-7,9-10H,8,11-12H2,1-4H3. The first-order valence-corrected chi connectivity index (χ1v) is 7.63. The Bertz CT molecular complexity index is 335. The van der Waals surface area contributed by atoms with E-state index in [2.05, 4.69) is 58.0 Å². The second-order valence-electron chi connectivity index (χ2n) is 6.15. The average Bonchev–Trinajstić information content (AvgIpc) is 2.16. The van der Waals surface area contributed by atoms with Gasteiger partial charge in [-0.1, -0.05) is 72.4 Å². The van der Waals surface area contributed by atoms with Crippen LogP contribution in [0.25, 0.3) is 0 Å². The van der Waals surface area contributed by atoms with Crippen molar-refractivity contribution in [1.29, 1.82) is 0 Å². The fourth-order valence-electron chi connectivity index (χ4n) is 3.27. The van der Waals surface area contributed by atoms with Crippen molar-refractivity contribution < 1.29 is 0 Å². The van der Waals surface area contributed by atoms with Gasteiger partial charge in [-0.15, -0.1) is 0 Å². The smallest absolute Gasteiger partial charge is 0.0106 e. The highest BCUT2D eigenvalue weighted by Gasteiger charge is 2.43. The monoisotopic (exact) mass is 234 g/mol. The van der Waals surface area contributed by atoms with Gasteiger partial charge in [0, 0.05) is 0 Å². The van der Waals surface area contributed by atoms with Crippen LogP contribution in [0.5, 0.6) is 0 Å². The molecule has 1 aliphatic rings. The maximum Gasteiger partial charge on any atom is -0.0106 e. The Kier molecular flexibility index (Phi) is 3.14. The molecule has 0 aromatic heterocycles. The van der Waals surface area contributed by atoms with E-state index in [1.165, 1.54) is 19.3 Å². The molecule has 0 atom stereocenters. The molecule has 1 aromatic rings. The van der Waals surface area contributed by atoms with E-state index in [1.807, 2.05) is 0 Å². The van der Waals surface area contributed by atoms with Crippen LogP contribution in [-0.4, -0.2) is 10.3 Å². The Morgan fingerprint density at radius 2 is 1.38 bits per heavy atom. The van der Waals surface area contributed by atoms with Crippen LogP contribution in [-0.2, 0) is 0 Å². The van der Waals surface area contributed by atoms with Crippen molar-refractivity contribution >= 4 is 13.2 Å². The topological polar surface area (TPSA) is 0 Å². The van der Waals surface area contributed by atoms with Crippen molar-refractivity contribution in [2.45, 2.75) is 57.3 Å². The molecular weight excluding hydrogens is 211 g/mol. The van der Waals surface area contributed by atoms with Gasteiger partial charge in [0.2, 0.25) is 0 Å². The molecule has 0 N–H and O–H groups in total. The van der Waals surface area contributed by atoms with Crippen molar-refractivity contribution in [2.24, 2.45) is 0 Å². The normalized spacial score (nSPS) is 24.2. The van der Waals surface area contributed by atoms with Crippen LogP contribution >= 0.6 is 7.92 Å². The van der Waals surface area contributed by atoms with Gasteiger partial charge in [0.05, 0.1) is 0 Å². The molecule has 1 fully saturated rings. The summed E-state index contributed by atoms with van der Waals surface area (Å²) in [6.45, 7) is 9.86. The van der Waals surface area contributed by atoms with E-state index in [0.29, 0.717) is 10.3 Å². The van der Waals surface area contributed by atoms with E-state index in [-0.39, 0.29) is 7.92 Å². The van der Waals surface area contributed by atoms with Crippen molar-refractivity contribution in [3.63, 3.8) is 0 Å². The van der Waals surface area contributed by atoms with Crippen molar-refractivity contribution in [3.05, 3.63) is 30.3 Å². The lowest BCUT2D eigenvalue weighted by molar-refractivity contribution is 0.471. The van der Waals surface area contributed by atoms with Crippen LogP contribution in [0.3, 0.4) is 0 Å². The van der Waals surface area contributed by atoms with Crippen LogP contribution in [0.4, 0.5) is 0 Å². The average molecular weight is 234 g/mol. The second-order valence-corrected chi connectivity index (χ2v) is 9.76. The summed E-state index contributed by atoms with van der Waals surface area (Å²) in [6, 6.07) is 11.2. The predicted molar refractivity (Wildman–Crippen MR) is 75.0 cm³/mol. The van der Waals surface area contributed by atoms with Crippen molar-refractivity contribution in [1.82, 2.24) is 0 Å². The van der Waals surface area contributed by atoms with E-state index >= 15 is 0 Å². The lowest BCUT2D eigenvalue weighted by Crippen LogP contribution is -2.39. The third-order valence-corrected chi connectivity index (χ3v) is 7.49.